The molecule has 1 aromatic heterocycles. The van der Waals surface area contributed by atoms with Gasteiger partial charge >= 0.3 is 5.97 Å². The maximum absolute atomic E-state index is 12.4. The summed E-state index contributed by atoms with van der Waals surface area (Å²) in [5.41, 5.74) is 0.496. The number of pyridine rings is 1. The number of aliphatic carboxylic acids is 1. The lowest BCUT2D eigenvalue weighted by Crippen LogP contribution is -2.43. The van der Waals surface area contributed by atoms with Crippen molar-refractivity contribution in [3.63, 3.8) is 0 Å². The van der Waals surface area contributed by atoms with Crippen LogP contribution in [0.1, 0.15) is 28.0 Å². The molecule has 7 heteroatoms. The number of aliphatic hydroxyl groups is 1. The second kappa shape index (κ2) is 5.09. The number of carbonyl (C=O) groups excluding carboxylic acids is 1. The number of likely N-dealkylation sites (tertiary alicyclic amines) is 1. The Hall–Kier alpha value is -2.15. The van der Waals surface area contributed by atoms with Crippen LogP contribution in [0.4, 0.5) is 0 Å². The fourth-order valence-corrected chi connectivity index (χ4v) is 2.54. The average molecular weight is 280 g/mol. The van der Waals surface area contributed by atoms with Crippen LogP contribution in [0.25, 0.3) is 0 Å². The quantitative estimate of drug-likeness (QED) is 0.686. The van der Waals surface area contributed by atoms with Crippen molar-refractivity contribution in [1.29, 1.82) is 0 Å². The molecule has 0 spiro atoms. The topological polar surface area (TPSA) is 111 Å². The highest BCUT2D eigenvalue weighted by Gasteiger charge is 2.40. The summed E-state index contributed by atoms with van der Waals surface area (Å²) in [6.45, 7) is 3.24. The third kappa shape index (κ3) is 2.44. The third-order valence-electron chi connectivity index (χ3n) is 3.40. The van der Waals surface area contributed by atoms with Crippen molar-refractivity contribution in [2.24, 2.45) is 0 Å². The van der Waals surface area contributed by atoms with E-state index in [2.05, 4.69) is 4.98 Å². The van der Waals surface area contributed by atoms with Crippen LogP contribution < -0.4 is 5.56 Å². The van der Waals surface area contributed by atoms with E-state index in [9.17, 15) is 19.5 Å². The van der Waals surface area contributed by atoms with Gasteiger partial charge in [-0.25, -0.2) is 4.79 Å². The van der Waals surface area contributed by atoms with Gasteiger partial charge in [0, 0.05) is 18.7 Å². The molecular weight excluding hydrogens is 264 g/mol. The molecule has 1 unspecified atom stereocenters. The minimum absolute atomic E-state index is 0.0239. The summed E-state index contributed by atoms with van der Waals surface area (Å²) in [4.78, 5) is 39.0. The first-order valence-corrected chi connectivity index (χ1v) is 6.23. The Kier molecular flexibility index (Phi) is 3.63. The summed E-state index contributed by atoms with van der Waals surface area (Å²) in [6, 6.07) is 0.550. The minimum Gasteiger partial charge on any atom is -0.480 e. The van der Waals surface area contributed by atoms with Gasteiger partial charge in [-0.2, -0.15) is 0 Å². The van der Waals surface area contributed by atoms with E-state index in [1.807, 2.05) is 0 Å². The Balaban J connectivity index is 2.41. The zero-order valence-electron chi connectivity index (χ0n) is 11.2. The van der Waals surface area contributed by atoms with E-state index < -0.39 is 29.6 Å². The van der Waals surface area contributed by atoms with E-state index >= 15 is 0 Å². The SMILES string of the molecule is Cc1cc(C)c(C(=O)N2CC(O)C[C@H]2C(=O)O)c(=O)[nH]1. The van der Waals surface area contributed by atoms with Crippen LogP contribution in [0.5, 0.6) is 0 Å². The Morgan fingerprint density at radius 3 is 2.60 bits per heavy atom. The Labute approximate surface area is 114 Å². The van der Waals surface area contributed by atoms with E-state index in [-0.39, 0.29) is 18.5 Å². The number of carbonyl (C=O) groups is 2. The molecule has 2 heterocycles. The van der Waals surface area contributed by atoms with E-state index in [0.717, 1.165) is 4.90 Å². The van der Waals surface area contributed by atoms with Crippen molar-refractivity contribution in [2.75, 3.05) is 6.54 Å². The van der Waals surface area contributed by atoms with Gasteiger partial charge in [0.25, 0.3) is 11.5 Å². The van der Waals surface area contributed by atoms with Gasteiger partial charge < -0.3 is 20.1 Å². The molecule has 1 aliphatic heterocycles. The number of nitrogens with zero attached hydrogens (tertiary/aromatic N) is 1. The first-order chi connectivity index (χ1) is 9.31. The number of aliphatic hydroxyl groups excluding tert-OH is 1. The van der Waals surface area contributed by atoms with Gasteiger partial charge in [0.1, 0.15) is 11.6 Å². The Morgan fingerprint density at radius 1 is 1.40 bits per heavy atom. The largest absolute Gasteiger partial charge is 0.480 e. The summed E-state index contributed by atoms with van der Waals surface area (Å²) < 4.78 is 0. The number of β-amino-alcohol motifs (C(OH)–C–C–N with tert-alkyl or cyclic N) is 1. The molecule has 7 nitrogen and oxygen atoms in total. The molecule has 0 aromatic carbocycles. The summed E-state index contributed by atoms with van der Waals surface area (Å²) in [6.07, 6.45) is -0.908. The highest BCUT2D eigenvalue weighted by atomic mass is 16.4. The number of hydrogen-bond donors (Lipinski definition) is 3. The van der Waals surface area contributed by atoms with Crippen molar-refractivity contribution >= 4 is 11.9 Å². The number of aromatic amines is 1. The fourth-order valence-electron chi connectivity index (χ4n) is 2.54. The predicted molar refractivity (Wildman–Crippen MR) is 69.6 cm³/mol. The number of amides is 1. The number of hydrogen-bond acceptors (Lipinski definition) is 4. The lowest BCUT2D eigenvalue weighted by atomic mass is 10.1. The van der Waals surface area contributed by atoms with E-state index in [0.29, 0.717) is 11.3 Å². The Morgan fingerprint density at radius 2 is 2.05 bits per heavy atom. The first kappa shape index (κ1) is 14.3. The van der Waals surface area contributed by atoms with Crippen molar-refractivity contribution in [1.82, 2.24) is 9.88 Å². The maximum Gasteiger partial charge on any atom is 0.326 e. The van der Waals surface area contributed by atoms with Crippen LogP contribution >= 0.6 is 0 Å². The molecule has 0 aliphatic carbocycles. The number of H-pyrrole nitrogens is 1. The molecule has 1 amide bonds. The molecule has 0 radical (unpaired) electrons. The van der Waals surface area contributed by atoms with Gasteiger partial charge in [0.2, 0.25) is 0 Å². The number of carboxylic acids is 1. The van der Waals surface area contributed by atoms with Gasteiger partial charge in [-0.15, -0.1) is 0 Å². The summed E-state index contributed by atoms with van der Waals surface area (Å²) in [5.74, 6) is -1.84. The zero-order chi connectivity index (χ0) is 15.0. The maximum atomic E-state index is 12.4. The van der Waals surface area contributed by atoms with E-state index in [1.54, 1.807) is 19.9 Å². The molecule has 1 aromatic rings. The van der Waals surface area contributed by atoms with Crippen molar-refractivity contribution in [2.45, 2.75) is 32.4 Å². The predicted octanol–water partition coefficient (Wildman–Crippen LogP) is -0.348. The lowest BCUT2D eigenvalue weighted by Gasteiger charge is -2.21. The zero-order valence-corrected chi connectivity index (χ0v) is 11.2. The normalized spacial score (nSPS) is 22.1. The number of nitrogens with one attached hydrogen (secondary N) is 1. The highest BCUT2D eigenvalue weighted by Crippen LogP contribution is 2.21. The molecule has 1 fully saturated rings. The average Bonchev–Trinajstić information content (AvgIpc) is 2.70. The van der Waals surface area contributed by atoms with Gasteiger partial charge in [0.15, 0.2) is 0 Å². The van der Waals surface area contributed by atoms with Gasteiger partial charge in [-0.05, 0) is 25.5 Å². The summed E-state index contributed by atoms with van der Waals surface area (Å²) in [7, 11) is 0. The van der Waals surface area contributed by atoms with Gasteiger partial charge in [0.05, 0.1) is 6.10 Å². The fraction of sp³-hybridized carbons (Fsp3) is 0.462. The van der Waals surface area contributed by atoms with Crippen molar-refractivity contribution in [3.05, 3.63) is 33.2 Å². The third-order valence-corrected chi connectivity index (χ3v) is 3.40. The van der Waals surface area contributed by atoms with E-state index in [4.69, 9.17) is 5.11 Å². The van der Waals surface area contributed by atoms with Crippen molar-refractivity contribution in [3.8, 4) is 0 Å². The van der Waals surface area contributed by atoms with Crippen molar-refractivity contribution < 1.29 is 19.8 Å². The molecule has 20 heavy (non-hydrogen) atoms. The number of carboxylic acid groups (broad SMARTS) is 1. The molecule has 0 bridgehead atoms. The van der Waals surface area contributed by atoms with Crippen LogP contribution in [0, 0.1) is 13.8 Å². The monoisotopic (exact) mass is 280 g/mol. The van der Waals surface area contributed by atoms with E-state index in [1.165, 1.54) is 0 Å². The van der Waals surface area contributed by atoms with Crippen LogP contribution in [-0.2, 0) is 4.79 Å². The van der Waals surface area contributed by atoms with Crippen LogP contribution in [0.3, 0.4) is 0 Å². The second-order valence-corrected chi connectivity index (χ2v) is 5.04. The number of aryl methyl sites for hydroxylation is 2. The van der Waals surface area contributed by atoms with Crippen LogP contribution in [0.15, 0.2) is 10.9 Å². The summed E-state index contributed by atoms with van der Waals surface area (Å²) >= 11 is 0. The van der Waals surface area contributed by atoms with Gasteiger partial charge in [-0.1, -0.05) is 0 Å². The second-order valence-electron chi connectivity index (χ2n) is 5.04. The minimum atomic E-state index is -1.18. The molecule has 2 rings (SSSR count). The first-order valence-electron chi connectivity index (χ1n) is 6.23. The lowest BCUT2D eigenvalue weighted by molar-refractivity contribution is -0.141. The summed E-state index contributed by atoms with van der Waals surface area (Å²) in [5, 5.41) is 18.6. The molecule has 2 atom stereocenters. The molecule has 0 saturated carbocycles. The number of aromatic nitrogens is 1. The molecule has 1 aliphatic rings. The Bertz CT molecular complexity index is 622. The van der Waals surface area contributed by atoms with Crippen LogP contribution in [-0.4, -0.2) is 50.7 Å². The smallest absolute Gasteiger partial charge is 0.326 e. The molecule has 1 saturated heterocycles. The molecular formula is C13H16N2O5. The molecule has 3 N–H and O–H groups in total. The number of rotatable bonds is 2. The highest BCUT2D eigenvalue weighted by molar-refractivity contribution is 5.97. The molecule has 108 valence electrons. The van der Waals surface area contributed by atoms with Gasteiger partial charge in [-0.3, -0.25) is 9.59 Å². The standard InChI is InChI=1S/C13H16N2O5/c1-6-3-7(2)14-11(17)10(6)12(18)15-5-8(16)4-9(15)13(19)20/h3,8-9,16H,4-5H2,1-2H3,(H,14,17)(H,19,20)/t8?,9-/m0/s1. The van der Waals surface area contributed by atoms with Crippen LogP contribution in [0.2, 0.25) is 0 Å².